The molecular formula is C7H7FN3O4P. The Hall–Kier alpha value is -1.34. The van der Waals surface area contributed by atoms with Crippen LogP contribution in [-0.4, -0.2) is 24.3 Å². The number of hydrogen-bond acceptors (Lipinski definition) is 4. The maximum atomic E-state index is 12.9. The van der Waals surface area contributed by atoms with E-state index in [0.717, 1.165) is 12.3 Å². The lowest BCUT2D eigenvalue weighted by molar-refractivity contribution is 0.156. The molecule has 0 saturated carbocycles. The Morgan fingerprint density at radius 3 is 2.94 bits per heavy atom. The second-order valence-corrected chi connectivity index (χ2v) is 4.20. The van der Waals surface area contributed by atoms with E-state index in [1.807, 2.05) is 0 Å². The maximum Gasteiger partial charge on any atom is 0.471 e. The van der Waals surface area contributed by atoms with Gasteiger partial charge in [-0.1, -0.05) is 0 Å². The van der Waals surface area contributed by atoms with Crippen LogP contribution in [0.25, 0.3) is 11.2 Å². The molecule has 16 heavy (non-hydrogen) atoms. The van der Waals surface area contributed by atoms with Crippen molar-refractivity contribution in [2.45, 2.75) is 6.73 Å². The first-order valence-corrected chi connectivity index (χ1v) is 5.65. The molecule has 0 aliphatic rings. The van der Waals surface area contributed by atoms with E-state index in [4.69, 9.17) is 9.79 Å². The van der Waals surface area contributed by atoms with E-state index in [-0.39, 0.29) is 5.65 Å². The van der Waals surface area contributed by atoms with Crippen molar-refractivity contribution in [1.82, 2.24) is 14.5 Å². The summed E-state index contributed by atoms with van der Waals surface area (Å²) in [7, 11) is -4.56. The fourth-order valence-electron chi connectivity index (χ4n) is 1.16. The average Bonchev–Trinajstić information content (AvgIpc) is 2.56. The Balaban J connectivity index is 2.31. The van der Waals surface area contributed by atoms with Crippen LogP contribution in [0.5, 0.6) is 0 Å². The lowest BCUT2D eigenvalue weighted by Gasteiger charge is -2.06. The summed E-state index contributed by atoms with van der Waals surface area (Å²) >= 11 is 0. The van der Waals surface area contributed by atoms with Gasteiger partial charge in [0.2, 0.25) is 0 Å². The number of phosphoric ester groups is 1. The lowest BCUT2D eigenvalue weighted by atomic mass is 10.4. The van der Waals surface area contributed by atoms with Crippen LogP contribution >= 0.6 is 7.82 Å². The van der Waals surface area contributed by atoms with E-state index in [1.165, 1.54) is 10.9 Å². The van der Waals surface area contributed by atoms with Crippen LogP contribution in [0.4, 0.5) is 4.39 Å². The SMILES string of the molecule is O=P(O)(O)OCn1cnc2ncc(F)cc21. The Morgan fingerprint density at radius 2 is 2.25 bits per heavy atom. The van der Waals surface area contributed by atoms with Crippen molar-refractivity contribution in [2.24, 2.45) is 0 Å². The van der Waals surface area contributed by atoms with Crippen LogP contribution in [0.2, 0.25) is 0 Å². The van der Waals surface area contributed by atoms with Gasteiger partial charge in [0, 0.05) is 6.07 Å². The number of phosphoric acid groups is 1. The summed E-state index contributed by atoms with van der Waals surface area (Å²) in [6.45, 7) is -0.425. The molecule has 0 aromatic carbocycles. The second-order valence-electron chi connectivity index (χ2n) is 2.96. The first-order chi connectivity index (χ1) is 7.46. The van der Waals surface area contributed by atoms with E-state index in [9.17, 15) is 8.96 Å². The molecule has 0 aliphatic heterocycles. The highest BCUT2D eigenvalue weighted by Crippen LogP contribution is 2.36. The highest BCUT2D eigenvalue weighted by Gasteiger charge is 2.14. The number of fused-ring (bicyclic) bond motifs is 1. The zero-order valence-electron chi connectivity index (χ0n) is 7.82. The van der Waals surface area contributed by atoms with Crippen molar-refractivity contribution in [3.8, 4) is 0 Å². The summed E-state index contributed by atoms with van der Waals surface area (Å²) < 4.78 is 28.9. The third-order valence-electron chi connectivity index (χ3n) is 1.81. The van der Waals surface area contributed by atoms with Gasteiger partial charge < -0.3 is 14.4 Å². The van der Waals surface area contributed by atoms with Gasteiger partial charge in [-0.15, -0.1) is 0 Å². The summed E-state index contributed by atoms with van der Waals surface area (Å²) in [5, 5.41) is 0. The number of rotatable bonds is 3. The molecule has 2 aromatic heterocycles. The highest BCUT2D eigenvalue weighted by atomic mass is 31.2. The van der Waals surface area contributed by atoms with Gasteiger partial charge in [0.1, 0.15) is 12.5 Å². The summed E-state index contributed by atoms with van der Waals surface area (Å²) in [6.07, 6.45) is 2.26. The van der Waals surface area contributed by atoms with E-state index in [0.29, 0.717) is 5.52 Å². The number of aromatic nitrogens is 3. The van der Waals surface area contributed by atoms with Crippen molar-refractivity contribution in [2.75, 3.05) is 0 Å². The number of pyridine rings is 1. The Labute approximate surface area is 88.8 Å². The fraction of sp³-hybridized carbons (Fsp3) is 0.143. The van der Waals surface area contributed by atoms with Gasteiger partial charge in [-0.05, 0) is 0 Å². The van der Waals surface area contributed by atoms with E-state index in [1.54, 1.807) is 0 Å². The van der Waals surface area contributed by atoms with Crippen LogP contribution in [-0.2, 0) is 15.8 Å². The minimum atomic E-state index is -4.56. The van der Waals surface area contributed by atoms with Crippen LogP contribution in [0, 0.1) is 5.82 Å². The molecule has 2 N–H and O–H groups in total. The molecule has 0 fully saturated rings. The topological polar surface area (TPSA) is 97.5 Å². The largest absolute Gasteiger partial charge is 0.471 e. The second kappa shape index (κ2) is 3.91. The molecule has 0 unspecified atom stereocenters. The van der Waals surface area contributed by atoms with Gasteiger partial charge in [-0.2, -0.15) is 0 Å². The van der Waals surface area contributed by atoms with Gasteiger partial charge in [-0.3, -0.25) is 4.52 Å². The Morgan fingerprint density at radius 1 is 1.50 bits per heavy atom. The quantitative estimate of drug-likeness (QED) is 0.772. The van der Waals surface area contributed by atoms with Gasteiger partial charge in [0.05, 0.1) is 18.0 Å². The molecule has 7 nitrogen and oxygen atoms in total. The van der Waals surface area contributed by atoms with Crippen molar-refractivity contribution in [3.63, 3.8) is 0 Å². The predicted molar refractivity (Wildman–Crippen MR) is 50.6 cm³/mol. The molecule has 86 valence electrons. The van der Waals surface area contributed by atoms with Crippen molar-refractivity contribution in [1.29, 1.82) is 0 Å². The highest BCUT2D eigenvalue weighted by molar-refractivity contribution is 7.46. The fourth-order valence-corrected chi connectivity index (χ4v) is 1.43. The first-order valence-electron chi connectivity index (χ1n) is 4.12. The van der Waals surface area contributed by atoms with Gasteiger partial charge >= 0.3 is 7.82 Å². The monoisotopic (exact) mass is 247 g/mol. The van der Waals surface area contributed by atoms with Crippen LogP contribution in [0.3, 0.4) is 0 Å². The van der Waals surface area contributed by atoms with Crippen molar-refractivity contribution >= 4 is 19.0 Å². The smallest absolute Gasteiger partial charge is 0.304 e. The van der Waals surface area contributed by atoms with Crippen molar-refractivity contribution in [3.05, 3.63) is 24.4 Å². The molecule has 2 heterocycles. The zero-order valence-corrected chi connectivity index (χ0v) is 8.71. The summed E-state index contributed by atoms with van der Waals surface area (Å²) in [6, 6.07) is 1.15. The third-order valence-corrected chi connectivity index (χ3v) is 2.26. The van der Waals surface area contributed by atoms with Crippen LogP contribution in [0.15, 0.2) is 18.6 Å². The van der Waals surface area contributed by atoms with Crippen LogP contribution < -0.4 is 0 Å². The number of hydrogen-bond donors (Lipinski definition) is 2. The van der Waals surface area contributed by atoms with Gasteiger partial charge in [0.15, 0.2) is 5.65 Å². The van der Waals surface area contributed by atoms with E-state index in [2.05, 4.69) is 14.5 Å². The molecule has 0 aliphatic carbocycles. The maximum absolute atomic E-state index is 12.9. The number of imidazole rings is 1. The Bertz CT molecular complexity index is 566. The number of halogens is 1. The van der Waals surface area contributed by atoms with Gasteiger partial charge in [0.25, 0.3) is 0 Å². The molecule has 2 rings (SSSR count). The minimum absolute atomic E-state index is 0.274. The number of nitrogens with zero attached hydrogens (tertiary/aromatic N) is 3. The summed E-state index contributed by atoms with van der Waals surface area (Å²) in [5.74, 6) is -0.564. The molecular weight excluding hydrogens is 240 g/mol. The molecule has 0 saturated heterocycles. The molecule has 2 aromatic rings. The lowest BCUT2D eigenvalue weighted by Crippen LogP contribution is -1.99. The molecule has 0 bridgehead atoms. The third kappa shape index (κ3) is 2.42. The molecule has 0 amide bonds. The predicted octanol–water partition coefficient (Wildman–Crippen LogP) is 0.637. The molecule has 9 heteroatoms. The van der Waals surface area contributed by atoms with Crippen molar-refractivity contribution < 1.29 is 23.3 Å². The first kappa shape index (κ1) is 11.2. The normalized spacial score (nSPS) is 12.2. The van der Waals surface area contributed by atoms with Crippen LogP contribution in [0.1, 0.15) is 0 Å². The van der Waals surface area contributed by atoms with E-state index < -0.39 is 20.4 Å². The van der Waals surface area contributed by atoms with E-state index >= 15 is 0 Å². The standard InChI is InChI=1S/C7H7FN3O4P/c8-5-1-6-7(9-2-5)10-3-11(6)4-15-16(12,13)14/h1-3H,4H2,(H2,12,13,14). The minimum Gasteiger partial charge on any atom is -0.304 e. The Kier molecular flexibility index (Phi) is 2.73. The summed E-state index contributed by atoms with van der Waals surface area (Å²) in [4.78, 5) is 24.5. The average molecular weight is 247 g/mol. The molecule has 0 radical (unpaired) electrons. The molecule has 0 atom stereocenters. The van der Waals surface area contributed by atoms with Gasteiger partial charge in [-0.25, -0.2) is 18.9 Å². The molecule has 0 spiro atoms. The summed E-state index contributed by atoms with van der Waals surface area (Å²) in [5.41, 5.74) is 0.573. The zero-order chi connectivity index (χ0) is 11.8.